The zero-order chi connectivity index (χ0) is 21.7. The lowest BCUT2D eigenvalue weighted by Crippen LogP contribution is -2.64. The summed E-state index contributed by atoms with van der Waals surface area (Å²) in [5.41, 5.74) is 3.96. The number of nitrogens with zero attached hydrogens (tertiary/aromatic N) is 1. The van der Waals surface area contributed by atoms with Crippen LogP contribution >= 0.6 is 11.3 Å². The number of carbonyl (C=O) groups excluding carboxylic acids is 3. The van der Waals surface area contributed by atoms with Gasteiger partial charge in [-0.1, -0.05) is 6.07 Å². The Balaban J connectivity index is 2.06. The predicted octanol–water partition coefficient (Wildman–Crippen LogP) is 2.52. The van der Waals surface area contributed by atoms with Crippen molar-refractivity contribution in [2.24, 2.45) is 11.7 Å². The van der Waals surface area contributed by atoms with Crippen molar-refractivity contribution in [3.05, 3.63) is 22.4 Å². The summed E-state index contributed by atoms with van der Waals surface area (Å²) in [6.45, 7) is 8.11. The predicted molar refractivity (Wildman–Crippen MR) is 111 cm³/mol. The van der Waals surface area contributed by atoms with Crippen LogP contribution in [0.1, 0.15) is 51.8 Å². The molecule has 2 rings (SSSR count). The van der Waals surface area contributed by atoms with Crippen molar-refractivity contribution in [1.82, 2.24) is 4.90 Å². The normalized spacial score (nSPS) is 17.5. The van der Waals surface area contributed by atoms with Crippen molar-refractivity contribution in [2.45, 2.75) is 64.5 Å². The number of likely N-dealkylation sites (tertiary alicyclic amines) is 1. The van der Waals surface area contributed by atoms with Crippen LogP contribution in [0, 0.1) is 5.92 Å². The summed E-state index contributed by atoms with van der Waals surface area (Å²) in [7, 11) is 0. The van der Waals surface area contributed by atoms with Crippen molar-refractivity contribution in [3.63, 3.8) is 0 Å². The molecule has 2 N–H and O–H groups in total. The van der Waals surface area contributed by atoms with Gasteiger partial charge in [-0.3, -0.25) is 9.59 Å². The molecule has 1 fully saturated rings. The van der Waals surface area contributed by atoms with Crippen LogP contribution in [0.15, 0.2) is 17.5 Å². The van der Waals surface area contributed by atoms with Gasteiger partial charge in [0.1, 0.15) is 5.60 Å². The van der Waals surface area contributed by atoms with E-state index in [1.54, 1.807) is 25.7 Å². The second-order valence-electron chi connectivity index (χ2n) is 8.59. The number of esters is 2. The van der Waals surface area contributed by atoms with E-state index >= 15 is 0 Å². The molecule has 1 atom stereocenters. The van der Waals surface area contributed by atoms with Crippen LogP contribution in [0.4, 0.5) is 0 Å². The molecule has 162 valence electrons. The first-order chi connectivity index (χ1) is 13.5. The molecule has 1 saturated heterocycles. The molecule has 0 aliphatic carbocycles. The fourth-order valence-corrected chi connectivity index (χ4v) is 4.17. The number of nitrogens with two attached hydrogens (primary N) is 1. The number of piperidine rings is 1. The molecule has 1 aromatic heterocycles. The topological polar surface area (TPSA) is 98.9 Å². The third kappa shape index (κ3) is 6.82. The van der Waals surface area contributed by atoms with Gasteiger partial charge >= 0.3 is 11.9 Å². The number of hydrogen-bond donors (Lipinski definition) is 1. The number of ether oxygens (including phenoxy) is 2. The monoisotopic (exact) mass is 424 g/mol. The average Bonchev–Trinajstić information content (AvgIpc) is 3.12. The molecule has 0 radical (unpaired) electrons. The highest BCUT2D eigenvalue weighted by Gasteiger charge is 2.48. The van der Waals surface area contributed by atoms with Crippen LogP contribution in [0.5, 0.6) is 0 Å². The van der Waals surface area contributed by atoms with Gasteiger partial charge in [0, 0.05) is 31.3 Å². The fraction of sp³-hybridized carbons (Fsp3) is 0.667. The Bertz CT molecular complexity index is 705. The van der Waals surface area contributed by atoms with Crippen LogP contribution < -0.4 is 5.73 Å². The summed E-state index contributed by atoms with van der Waals surface area (Å²) in [5.74, 6) is -0.986. The van der Waals surface area contributed by atoms with E-state index in [4.69, 9.17) is 15.2 Å². The van der Waals surface area contributed by atoms with Gasteiger partial charge in [-0.25, -0.2) is 4.79 Å². The van der Waals surface area contributed by atoms with Gasteiger partial charge in [0.2, 0.25) is 0 Å². The second-order valence-corrected chi connectivity index (χ2v) is 9.63. The number of thiophene rings is 1. The molecule has 0 aromatic carbocycles. The van der Waals surface area contributed by atoms with Crippen molar-refractivity contribution in [3.8, 4) is 0 Å². The van der Waals surface area contributed by atoms with Gasteiger partial charge < -0.3 is 20.1 Å². The maximum Gasteiger partial charge on any atom is 0.336 e. The number of carbonyl (C=O) groups is 3. The summed E-state index contributed by atoms with van der Waals surface area (Å²) in [5, 5.41) is 1.89. The van der Waals surface area contributed by atoms with Gasteiger partial charge in [-0.2, -0.15) is 0 Å². The highest BCUT2D eigenvalue weighted by atomic mass is 32.1. The third-order valence-corrected chi connectivity index (χ3v) is 5.79. The summed E-state index contributed by atoms with van der Waals surface area (Å²) in [4.78, 5) is 39.7. The van der Waals surface area contributed by atoms with E-state index in [1.165, 1.54) is 18.3 Å². The third-order valence-electron chi connectivity index (χ3n) is 4.91. The second kappa shape index (κ2) is 9.71. The van der Waals surface area contributed by atoms with Crippen LogP contribution in [0.25, 0.3) is 0 Å². The van der Waals surface area contributed by atoms with Gasteiger partial charge in [-0.15, -0.1) is 11.3 Å². The minimum Gasteiger partial charge on any atom is -0.466 e. The van der Waals surface area contributed by atoms with Crippen LogP contribution in [-0.2, 0) is 30.3 Å². The zero-order valence-electron chi connectivity index (χ0n) is 17.7. The van der Waals surface area contributed by atoms with Gasteiger partial charge in [-0.05, 0) is 57.4 Å². The first kappa shape index (κ1) is 23.3. The molecule has 0 spiro atoms. The first-order valence-electron chi connectivity index (χ1n) is 9.99. The van der Waals surface area contributed by atoms with Gasteiger partial charge in [0.05, 0.1) is 6.61 Å². The maximum atomic E-state index is 13.3. The maximum absolute atomic E-state index is 13.3. The molecule has 0 unspecified atom stereocenters. The van der Waals surface area contributed by atoms with Crippen molar-refractivity contribution in [1.29, 1.82) is 0 Å². The van der Waals surface area contributed by atoms with Crippen molar-refractivity contribution < 1.29 is 23.9 Å². The number of rotatable bonds is 7. The smallest absolute Gasteiger partial charge is 0.336 e. The van der Waals surface area contributed by atoms with E-state index in [0.29, 0.717) is 25.6 Å². The van der Waals surface area contributed by atoms with E-state index in [1.807, 2.05) is 17.5 Å². The minimum absolute atomic E-state index is 0.116. The summed E-state index contributed by atoms with van der Waals surface area (Å²) < 4.78 is 10.5. The standard InChI is InChI=1S/C21H32N2O5S/c1-15(24)27-12-9-16-7-10-23(11-8-16)18(25)21(22,14-17-6-5-13-29-17)19(26)28-20(2,3)4/h5-6,13,16H,7-12,14,22H2,1-4H3/t21-/m0/s1. The molecule has 2 heterocycles. The molecule has 1 amide bonds. The molecule has 29 heavy (non-hydrogen) atoms. The SMILES string of the molecule is CC(=O)OCCC1CCN(C(=O)[C@@](N)(Cc2cccs2)C(=O)OC(C)(C)C)CC1. The molecule has 1 aromatic rings. The molecular weight excluding hydrogens is 392 g/mol. The molecule has 0 saturated carbocycles. The van der Waals surface area contributed by atoms with Crippen LogP contribution in [-0.4, -0.2) is 53.6 Å². The fourth-order valence-electron chi connectivity index (χ4n) is 3.37. The lowest BCUT2D eigenvalue weighted by molar-refractivity contribution is -0.167. The van der Waals surface area contributed by atoms with E-state index in [9.17, 15) is 14.4 Å². The molecule has 0 bridgehead atoms. The Morgan fingerprint density at radius 1 is 1.24 bits per heavy atom. The van der Waals surface area contributed by atoms with Crippen molar-refractivity contribution in [2.75, 3.05) is 19.7 Å². The lowest BCUT2D eigenvalue weighted by atomic mass is 9.89. The quantitative estimate of drug-likeness (QED) is 0.533. The number of amides is 1. The lowest BCUT2D eigenvalue weighted by Gasteiger charge is -2.38. The van der Waals surface area contributed by atoms with Crippen molar-refractivity contribution >= 4 is 29.2 Å². The van der Waals surface area contributed by atoms with Gasteiger partial charge in [0.15, 0.2) is 5.54 Å². The molecule has 1 aliphatic heterocycles. The minimum atomic E-state index is -1.75. The Labute approximate surface area is 176 Å². The summed E-state index contributed by atoms with van der Waals surface area (Å²) in [6, 6.07) is 3.74. The molecular formula is C21H32N2O5S. The van der Waals surface area contributed by atoms with Gasteiger partial charge in [0.25, 0.3) is 5.91 Å². The molecule has 8 heteroatoms. The average molecular weight is 425 g/mol. The highest BCUT2D eigenvalue weighted by molar-refractivity contribution is 7.09. The molecule has 1 aliphatic rings. The summed E-state index contributed by atoms with van der Waals surface area (Å²) in [6.07, 6.45) is 2.47. The van der Waals surface area contributed by atoms with E-state index in [0.717, 1.165) is 24.1 Å². The summed E-state index contributed by atoms with van der Waals surface area (Å²) >= 11 is 1.46. The zero-order valence-corrected chi connectivity index (χ0v) is 18.5. The van der Waals surface area contributed by atoms with E-state index in [-0.39, 0.29) is 12.4 Å². The Kier molecular flexibility index (Phi) is 7.82. The van der Waals surface area contributed by atoms with Crippen LogP contribution in [0.3, 0.4) is 0 Å². The molecule has 7 nitrogen and oxygen atoms in total. The largest absolute Gasteiger partial charge is 0.466 e. The Morgan fingerprint density at radius 3 is 2.41 bits per heavy atom. The van der Waals surface area contributed by atoms with E-state index in [2.05, 4.69) is 0 Å². The highest BCUT2D eigenvalue weighted by Crippen LogP contribution is 2.26. The number of hydrogen-bond acceptors (Lipinski definition) is 7. The Hall–Kier alpha value is -1.93. The first-order valence-corrected chi connectivity index (χ1v) is 10.9. The van der Waals surface area contributed by atoms with Crippen LogP contribution in [0.2, 0.25) is 0 Å². The van der Waals surface area contributed by atoms with E-state index < -0.39 is 23.0 Å². The Morgan fingerprint density at radius 2 is 1.90 bits per heavy atom.